The molecule has 0 aromatic heterocycles. The molecule has 1 aliphatic rings. The van der Waals surface area contributed by atoms with Crippen LogP contribution in [0.1, 0.15) is 53.9 Å². The maximum absolute atomic E-state index is 10.9. The SMILES string of the molecule is CC(C)(C)[C@@H]1CC=C([O-])CC1.[CH2]C.[CH2]C.[Ga]. The van der Waals surface area contributed by atoms with Gasteiger partial charge in [0, 0.05) is 19.8 Å². The van der Waals surface area contributed by atoms with Crippen LogP contribution in [-0.2, 0) is 0 Å². The third-order valence-corrected chi connectivity index (χ3v) is 2.59. The molecule has 0 aromatic rings. The summed E-state index contributed by atoms with van der Waals surface area (Å²) in [6.07, 6.45) is 4.70. The van der Waals surface area contributed by atoms with Gasteiger partial charge >= 0.3 is 0 Å². The van der Waals surface area contributed by atoms with Crippen LogP contribution in [0.25, 0.3) is 0 Å². The summed E-state index contributed by atoms with van der Waals surface area (Å²) in [6, 6.07) is 0. The molecule has 0 N–H and O–H groups in total. The van der Waals surface area contributed by atoms with E-state index < -0.39 is 0 Å². The van der Waals surface area contributed by atoms with Gasteiger partial charge in [-0.25, -0.2) is 0 Å². The Kier molecular flexibility index (Phi) is 15.6. The van der Waals surface area contributed by atoms with Gasteiger partial charge in [0.05, 0.1) is 0 Å². The Hall–Kier alpha value is 0.176. The van der Waals surface area contributed by atoms with E-state index in [2.05, 4.69) is 34.6 Å². The van der Waals surface area contributed by atoms with Gasteiger partial charge in [-0.05, 0) is 30.6 Å². The van der Waals surface area contributed by atoms with Crippen molar-refractivity contribution in [3.63, 3.8) is 0 Å². The molecular weight excluding hydrogens is 254 g/mol. The van der Waals surface area contributed by atoms with Gasteiger partial charge in [-0.1, -0.05) is 54.5 Å². The molecule has 1 nitrogen and oxygen atoms in total. The first-order chi connectivity index (χ1) is 7.00. The maximum atomic E-state index is 10.9. The van der Waals surface area contributed by atoms with Crippen molar-refractivity contribution in [1.29, 1.82) is 0 Å². The molecule has 0 aromatic carbocycles. The third kappa shape index (κ3) is 9.41. The summed E-state index contributed by atoms with van der Waals surface area (Å²) in [5, 5.41) is 10.9. The van der Waals surface area contributed by atoms with E-state index in [1.165, 1.54) is 0 Å². The van der Waals surface area contributed by atoms with E-state index in [-0.39, 0.29) is 19.8 Å². The molecule has 0 saturated heterocycles. The molecule has 0 heterocycles. The first kappa shape index (κ1) is 21.5. The molecule has 5 radical (unpaired) electrons. The number of allylic oxidation sites excluding steroid dienone is 2. The number of hydrogen-bond acceptors (Lipinski definition) is 1. The summed E-state index contributed by atoms with van der Waals surface area (Å²) in [5.74, 6) is 1.05. The predicted octanol–water partition coefficient (Wildman–Crippen LogP) is 3.38. The van der Waals surface area contributed by atoms with Crippen molar-refractivity contribution < 1.29 is 5.11 Å². The molecule has 0 amide bonds. The largest absolute Gasteiger partial charge is 0.876 e. The Bertz CT molecular complexity index is 168. The zero-order valence-corrected chi connectivity index (χ0v) is 14.1. The molecule has 2 heteroatoms. The Morgan fingerprint density at radius 1 is 1.19 bits per heavy atom. The zero-order chi connectivity index (χ0) is 12.5. The minimum Gasteiger partial charge on any atom is -0.876 e. The van der Waals surface area contributed by atoms with E-state index in [4.69, 9.17) is 0 Å². The molecule has 0 saturated carbocycles. The standard InChI is InChI=1S/C10H18O.2C2H5.Ga/c1-10(2,3)8-4-6-9(11)7-5-8;2*1-2;/h6,8,11H,4-5,7H2,1-3H3;2*1H2,2H3;/p-1/t8-;;;/m1.../s1. The normalized spacial score (nSPS) is 18.9. The molecule has 0 aliphatic heterocycles. The first-order valence-electron chi connectivity index (χ1n) is 5.77. The van der Waals surface area contributed by atoms with Gasteiger partial charge in [-0.15, -0.1) is 5.76 Å². The average Bonchev–Trinajstić information content (AvgIpc) is 2.23. The smallest absolute Gasteiger partial charge is 0 e. The fourth-order valence-electron chi connectivity index (χ4n) is 1.60. The van der Waals surface area contributed by atoms with E-state index in [0.29, 0.717) is 17.1 Å². The molecule has 0 spiro atoms. The van der Waals surface area contributed by atoms with Crippen LogP contribution in [0.2, 0.25) is 0 Å². The van der Waals surface area contributed by atoms with Crippen LogP contribution in [0.3, 0.4) is 0 Å². The second-order valence-electron chi connectivity index (χ2n) is 4.51. The van der Waals surface area contributed by atoms with Gasteiger partial charge in [0.15, 0.2) is 0 Å². The molecule has 0 fully saturated rings. The molecule has 1 aliphatic carbocycles. The minimum absolute atomic E-state index is 0. The molecular formula is C14H27GaO-. The fourth-order valence-corrected chi connectivity index (χ4v) is 1.60. The van der Waals surface area contributed by atoms with Crippen LogP contribution >= 0.6 is 0 Å². The summed E-state index contributed by atoms with van der Waals surface area (Å²) < 4.78 is 0. The average molecular weight is 281 g/mol. The van der Waals surface area contributed by atoms with Gasteiger partial charge in [0.25, 0.3) is 0 Å². The van der Waals surface area contributed by atoms with Crippen molar-refractivity contribution in [2.24, 2.45) is 11.3 Å². The molecule has 16 heavy (non-hydrogen) atoms. The zero-order valence-electron chi connectivity index (χ0n) is 11.7. The van der Waals surface area contributed by atoms with Crippen molar-refractivity contribution >= 4 is 19.8 Å². The van der Waals surface area contributed by atoms with Gasteiger partial charge in [-0.3, -0.25) is 0 Å². The van der Waals surface area contributed by atoms with Gasteiger partial charge in [0.2, 0.25) is 0 Å². The van der Waals surface area contributed by atoms with Crippen molar-refractivity contribution in [1.82, 2.24) is 0 Å². The second kappa shape index (κ2) is 11.7. The van der Waals surface area contributed by atoms with Gasteiger partial charge in [-0.2, -0.15) is 0 Å². The molecule has 1 atom stereocenters. The molecule has 0 unspecified atom stereocenters. The maximum Gasteiger partial charge on any atom is 0 e. The summed E-state index contributed by atoms with van der Waals surface area (Å²) in [7, 11) is 0. The Balaban J connectivity index is -0.000000305. The summed E-state index contributed by atoms with van der Waals surface area (Å²) in [6.45, 7) is 16.8. The van der Waals surface area contributed by atoms with E-state index in [1.807, 2.05) is 6.08 Å². The monoisotopic (exact) mass is 280 g/mol. The van der Waals surface area contributed by atoms with Crippen LogP contribution in [-0.4, -0.2) is 19.8 Å². The van der Waals surface area contributed by atoms with Gasteiger partial charge < -0.3 is 5.11 Å². The van der Waals surface area contributed by atoms with E-state index in [9.17, 15) is 5.11 Å². The summed E-state index contributed by atoms with van der Waals surface area (Å²) in [4.78, 5) is 0. The van der Waals surface area contributed by atoms with Crippen molar-refractivity contribution in [3.8, 4) is 0 Å². The Labute approximate surface area is 116 Å². The van der Waals surface area contributed by atoms with Crippen LogP contribution in [0, 0.1) is 25.2 Å². The summed E-state index contributed by atoms with van der Waals surface area (Å²) >= 11 is 0. The number of rotatable bonds is 0. The van der Waals surface area contributed by atoms with Gasteiger partial charge in [0.1, 0.15) is 0 Å². The summed E-state index contributed by atoms with van der Waals surface area (Å²) in [5.41, 5.74) is 0.372. The Morgan fingerprint density at radius 3 is 1.88 bits per heavy atom. The molecule has 93 valence electrons. The number of hydrogen-bond donors (Lipinski definition) is 0. The first-order valence-corrected chi connectivity index (χ1v) is 5.77. The topological polar surface area (TPSA) is 23.1 Å². The van der Waals surface area contributed by atoms with E-state index in [0.717, 1.165) is 19.3 Å². The quantitative estimate of drug-likeness (QED) is 0.624. The Morgan fingerprint density at radius 2 is 1.62 bits per heavy atom. The predicted molar refractivity (Wildman–Crippen MR) is 72.7 cm³/mol. The van der Waals surface area contributed by atoms with Crippen molar-refractivity contribution in [3.05, 3.63) is 25.7 Å². The fraction of sp³-hybridized carbons (Fsp3) is 0.714. The van der Waals surface area contributed by atoms with E-state index >= 15 is 0 Å². The van der Waals surface area contributed by atoms with Crippen LogP contribution in [0.4, 0.5) is 0 Å². The second-order valence-corrected chi connectivity index (χ2v) is 4.51. The van der Waals surface area contributed by atoms with Crippen LogP contribution < -0.4 is 5.11 Å². The minimum atomic E-state index is 0. The van der Waals surface area contributed by atoms with Crippen LogP contribution in [0.5, 0.6) is 0 Å². The third-order valence-electron chi connectivity index (χ3n) is 2.59. The molecule has 1 rings (SSSR count). The van der Waals surface area contributed by atoms with E-state index in [1.54, 1.807) is 13.8 Å². The van der Waals surface area contributed by atoms with Crippen molar-refractivity contribution in [2.75, 3.05) is 0 Å². The van der Waals surface area contributed by atoms with Crippen LogP contribution in [0.15, 0.2) is 11.8 Å². The van der Waals surface area contributed by atoms with Crippen molar-refractivity contribution in [2.45, 2.75) is 53.9 Å². The molecule has 0 bridgehead atoms.